The summed E-state index contributed by atoms with van der Waals surface area (Å²) in [7, 11) is 0. The van der Waals surface area contributed by atoms with Gasteiger partial charge in [0, 0.05) is 18.8 Å². The molecule has 0 aliphatic heterocycles. The van der Waals surface area contributed by atoms with Crippen molar-refractivity contribution >= 4 is 28.9 Å². The Labute approximate surface area is 140 Å². The number of anilines is 1. The molecule has 0 unspecified atom stereocenters. The van der Waals surface area contributed by atoms with Crippen LogP contribution in [0.1, 0.15) is 25.2 Å². The van der Waals surface area contributed by atoms with E-state index >= 15 is 0 Å². The molecule has 0 spiro atoms. The second-order valence-corrected chi connectivity index (χ2v) is 5.58. The summed E-state index contributed by atoms with van der Waals surface area (Å²) >= 11 is 0. The summed E-state index contributed by atoms with van der Waals surface area (Å²) in [6, 6.07) is 10.9. The number of nitrogens with one attached hydrogen (secondary N) is 1. The highest BCUT2D eigenvalue weighted by Gasteiger charge is 2.06. The van der Waals surface area contributed by atoms with E-state index in [1.807, 2.05) is 18.2 Å². The minimum atomic E-state index is -0.134. The summed E-state index contributed by atoms with van der Waals surface area (Å²) in [5.74, 6) is 0.486. The minimum Gasteiger partial charge on any atom is -0.504 e. The summed E-state index contributed by atoms with van der Waals surface area (Å²) in [6.07, 6.45) is 3.69. The minimum absolute atomic E-state index is 0.125. The Kier molecular flexibility index (Phi) is 4.42. The summed E-state index contributed by atoms with van der Waals surface area (Å²) in [5, 5.41) is 18.9. The van der Waals surface area contributed by atoms with E-state index in [-0.39, 0.29) is 11.5 Å². The standard InChI is InChI=1S/C19H21N3O2/c1-3-22(4-2)14-7-8-15-16(12-14)21-19(20-15)10-6-13-5-9-17(23)18(24)11-13/h5-12,23-24H,3-4H2,1-2H3,(H,20,21). The van der Waals surface area contributed by atoms with Crippen LogP contribution in [0.3, 0.4) is 0 Å². The van der Waals surface area contributed by atoms with E-state index in [0.717, 1.165) is 35.5 Å². The van der Waals surface area contributed by atoms with Gasteiger partial charge in [-0.25, -0.2) is 4.98 Å². The Morgan fingerprint density at radius 1 is 1.00 bits per heavy atom. The highest BCUT2D eigenvalue weighted by atomic mass is 16.3. The summed E-state index contributed by atoms with van der Waals surface area (Å²) < 4.78 is 0. The van der Waals surface area contributed by atoms with Crippen LogP contribution in [0.2, 0.25) is 0 Å². The number of fused-ring (bicyclic) bond motifs is 1. The average molecular weight is 323 g/mol. The van der Waals surface area contributed by atoms with Gasteiger partial charge in [-0.05, 0) is 55.8 Å². The van der Waals surface area contributed by atoms with Crippen LogP contribution in [-0.2, 0) is 0 Å². The van der Waals surface area contributed by atoms with Crippen molar-refractivity contribution in [2.24, 2.45) is 0 Å². The van der Waals surface area contributed by atoms with Crippen LogP contribution in [0.5, 0.6) is 11.5 Å². The summed E-state index contributed by atoms with van der Waals surface area (Å²) in [6.45, 7) is 6.21. The lowest BCUT2D eigenvalue weighted by molar-refractivity contribution is 0.403. The lowest BCUT2D eigenvalue weighted by Crippen LogP contribution is -2.21. The topological polar surface area (TPSA) is 72.4 Å². The van der Waals surface area contributed by atoms with Gasteiger partial charge in [-0.2, -0.15) is 0 Å². The van der Waals surface area contributed by atoms with Crippen molar-refractivity contribution in [1.29, 1.82) is 0 Å². The largest absolute Gasteiger partial charge is 0.504 e. The second-order valence-electron chi connectivity index (χ2n) is 5.58. The Hall–Kier alpha value is -2.95. The van der Waals surface area contributed by atoms with Gasteiger partial charge in [0.15, 0.2) is 11.5 Å². The second kappa shape index (κ2) is 6.66. The molecule has 0 aliphatic carbocycles. The normalized spacial score (nSPS) is 11.4. The molecule has 0 bridgehead atoms. The molecule has 1 aromatic heterocycles. The Balaban J connectivity index is 1.87. The van der Waals surface area contributed by atoms with Gasteiger partial charge in [0.05, 0.1) is 11.0 Å². The third-order valence-corrected chi connectivity index (χ3v) is 4.05. The Morgan fingerprint density at radius 2 is 1.79 bits per heavy atom. The van der Waals surface area contributed by atoms with Crippen LogP contribution in [0, 0.1) is 0 Å². The number of hydrogen-bond acceptors (Lipinski definition) is 4. The maximum absolute atomic E-state index is 9.53. The van der Waals surface area contributed by atoms with E-state index < -0.39 is 0 Å². The molecule has 124 valence electrons. The van der Waals surface area contributed by atoms with Crippen LogP contribution >= 0.6 is 0 Å². The van der Waals surface area contributed by atoms with E-state index in [1.165, 1.54) is 17.8 Å². The Morgan fingerprint density at radius 3 is 2.50 bits per heavy atom. The Bertz CT molecular complexity index is 879. The average Bonchev–Trinajstić information content (AvgIpc) is 2.99. The molecule has 0 saturated heterocycles. The third kappa shape index (κ3) is 3.20. The first kappa shape index (κ1) is 15.9. The SMILES string of the molecule is CCN(CC)c1ccc2nc(C=Cc3ccc(O)c(O)c3)[nH]c2c1. The molecule has 0 atom stereocenters. The molecular formula is C19H21N3O2. The van der Waals surface area contributed by atoms with Crippen molar-refractivity contribution < 1.29 is 10.2 Å². The number of aromatic nitrogens is 2. The number of phenols is 2. The van der Waals surface area contributed by atoms with Crippen molar-refractivity contribution in [2.75, 3.05) is 18.0 Å². The number of hydrogen-bond donors (Lipinski definition) is 3. The highest BCUT2D eigenvalue weighted by molar-refractivity contribution is 5.82. The number of benzene rings is 2. The van der Waals surface area contributed by atoms with Crippen molar-refractivity contribution in [2.45, 2.75) is 13.8 Å². The van der Waals surface area contributed by atoms with E-state index in [0.29, 0.717) is 0 Å². The molecule has 0 radical (unpaired) electrons. The summed E-state index contributed by atoms with van der Waals surface area (Å²) in [5.41, 5.74) is 3.87. The van der Waals surface area contributed by atoms with Crippen molar-refractivity contribution in [3.05, 3.63) is 47.8 Å². The van der Waals surface area contributed by atoms with Gasteiger partial charge in [-0.1, -0.05) is 12.1 Å². The third-order valence-electron chi connectivity index (χ3n) is 4.05. The smallest absolute Gasteiger partial charge is 0.157 e. The van der Waals surface area contributed by atoms with Crippen molar-refractivity contribution in [1.82, 2.24) is 9.97 Å². The molecular weight excluding hydrogens is 302 g/mol. The van der Waals surface area contributed by atoms with Gasteiger partial charge in [0.25, 0.3) is 0 Å². The fourth-order valence-corrected chi connectivity index (χ4v) is 2.70. The molecule has 0 fully saturated rings. The molecule has 0 aliphatic rings. The monoisotopic (exact) mass is 323 g/mol. The van der Waals surface area contributed by atoms with Crippen molar-refractivity contribution in [3.63, 3.8) is 0 Å². The first-order chi connectivity index (χ1) is 11.6. The number of nitrogens with zero attached hydrogens (tertiary/aromatic N) is 2. The van der Waals surface area contributed by atoms with Gasteiger partial charge in [0.1, 0.15) is 5.82 Å². The predicted molar refractivity (Wildman–Crippen MR) is 98.4 cm³/mol. The number of aromatic hydroxyl groups is 2. The molecule has 0 saturated carbocycles. The highest BCUT2D eigenvalue weighted by Crippen LogP contribution is 2.26. The first-order valence-corrected chi connectivity index (χ1v) is 8.05. The maximum atomic E-state index is 9.53. The van der Waals surface area contributed by atoms with Crippen LogP contribution in [0.25, 0.3) is 23.2 Å². The van der Waals surface area contributed by atoms with Gasteiger partial charge >= 0.3 is 0 Å². The molecule has 5 nitrogen and oxygen atoms in total. The summed E-state index contributed by atoms with van der Waals surface area (Å²) in [4.78, 5) is 10.1. The zero-order chi connectivity index (χ0) is 17.1. The fourth-order valence-electron chi connectivity index (χ4n) is 2.70. The quantitative estimate of drug-likeness (QED) is 0.621. The number of imidazole rings is 1. The first-order valence-electron chi connectivity index (χ1n) is 8.05. The molecule has 3 aromatic rings. The molecule has 2 aromatic carbocycles. The van der Waals surface area contributed by atoms with Crippen LogP contribution in [0.15, 0.2) is 36.4 Å². The van der Waals surface area contributed by atoms with Gasteiger partial charge in [0.2, 0.25) is 0 Å². The number of aromatic amines is 1. The maximum Gasteiger partial charge on any atom is 0.157 e. The van der Waals surface area contributed by atoms with E-state index in [9.17, 15) is 10.2 Å². The molecule has 3 N–H and O–H groups in total. The lowest BCUT2D eigenvalue weighted by Gasteiger charge is -2.20. The zero-order valence-electron chi connectivity index (χ0n) is 13.8. The molecule has 0 amide bonds. The molecule has 1 heterocycles. The number of rotatable bonds is 5. The molecule has 5 heteroatoms. The van der Waals surface area contributed by atoms with Crippen molar-refractivity contribution in [3.8, 4) is 11.5 Å². The van der Waals surface area contributed by atoms with Gasteiger partial charge in [-0.3, -0.25) is 0 Å². The van der Waals surface area contributed by atoms with Crippen LogP contribution in [0.4, 0.5) is 5.69 Å². The fraction of sp³-hybridized carbons (Fsp3) is 0.211. The molecule has 24 heavy (non-hydrogen) atoms. The van der Waals surface area contributed by atoms with Gasteiger partial charge in [-0.15, -0.1) is 0 Å². The van der Waals surface area contributed by atoms with Crippen LogP contribution in [-0.4, -0.2) is 33.3 Å². The predicted octanol–water partition coefficient (Wildman–Crippen LogP) is 3.99. The van der Waals surface area contributed by atoms with Crippen LogP contribution < -0.4 is 4.90 Å². The number of H-pyrrole nitrogens is 1. The molecule has 3 rings (SSSR count). The lowest BCUT2D eigenvalue weighted by atomic mass is 10.2. The van der Waals surface area contributed by atoms with E-state index in [2.05, 4.69) is 40.8 Å². The zero-order valence-corrected chi connectivity index (χ0v) is 13.8. The number of phenolic OH excluding ortho intramolecular Hbond substituents is 2. The van der Waals surface area contributed by atoms with Gasteiger partial charge < -0.3 is 20.1 Å². The van der Waals surface area contributed by atoms with E-state index in [1.54, 1.807) is 6.07 Å². The van der Waals surface area contributed by atoms with E-state index in [4.69, 9.17) is 0 Å².